The molecule has 3 aromatic rings. The number of amides is 1. The molecule has 2 aromatic carbocycles. The second-order valence-corrected chi connectivity index (χ2v) is 6.49. The van der Waals surface area contributed by atoms with Gasteiger partial charge in [-0.2, -0.15) is 5.10 Å². The van der Waals surface area contributed by atoms with Crippen LogP contribution in [0.3, 0.4) is 0 Å². The van der Waals surface area contributed by atoms with Gasteiger partial charge in [-0.05, 0) is 24.3 Å². The highest BCUT2D eigenvalue weighted by atomic mass is 16.5. The number of rotatable bonds is 4. The molecule has 1 fully saturated rings. The van der Waals surface area contributed by atoms with Gasteiger partial charge in [0.05, 0.1) is 30.7 Å². The molecule has 1 aliphatic rings. The summed E-state index contributed by atoms with van der Waals surface area (Å²) in [5.41, 5.74) is 3.19. The van der Waals surface area contributed by atoms with E-state index in [1.54, 1.807) is 29.1 Å². The van der Waals surface area contributed by atoms with Gasteiger partial charge in [0.1, 0.15) is 0 Å². The number of carbonyl (C=O) groups excluding carboxylic acids is 1. The number of hydrogen-bond acceptors (Lipinski definition) is 4. The van der Waals surface area contributed by atoms with Crippen molar-refractivity contribution in [2.24, 2.45) is 0 Å². The van der Waals surface area contributed by atoms with Crippen LogP contribution in [0.15, 0.2) is 66.9 Å². The average molecular weight is 377 g/mol. The van der Waals surface area contributed by atoms with Crippen molar-refractivity contribution < 1.29 is 19.4 Å². The highest BCUT2D eigenvalue weighted by Crippen LogP contribution is 2.23. The maximum atomic E-state index is 12.9. The monoisotopic (exact) mass is 377 g/mol. The summed E-state index contributed by atoms with van der Waals surface area (Å²) in [5.74, 6) is -1.28. The summed E-state index contributed by atoms with van der Waals surface area (Å²) in [6, 6.07) is 19.0. The number of benzene rings is 2. The van der Waals surface area contributed by atoms with Gasteiger partial charge in [-0.25, -0.2) is 9.48 Å². The molecule has 0 spiro atoms. The van der Waals surface area contributed by atoms with Gasteiger partial charge in [-0.1, -0.05) is 36.4 Å². The molecule has 1 aromatic heterocycles. The Morgan fingerprint density at radius 2 is 1.89 bits per heavy atom. The molecule has 7 nitrogen and oxygen atoms in total. The minimum atomic E-state index is -1.06. The topological polar surface area (TPSA) is 84.7 Å². The zero-order valence-electron chi connectivity index (χ0n) is 15.1. The van der Waals surface area contributed by atoms with E-state index in [1.807, 2.05) is 42.5 Å². The molecule has 0 bridgehead atoms. The normalized spacial score (nSPS) is 16.7. The molecule has 4 rings (SSSR count). The molecule has 1 atom stereocenters. The van der Waals surface area contributed by atoms with E-state index in [9.17, 15) is 9.59 Å². The third-order valence-electron chi connectivity index (χ3n) is 4.68. The Bertz CT molecular complexity index is 1000. The molecule has 1 amide bonds. The predicted molar refractivity (Wildman–Crippen MR) is 102 cm³/mol. The van der Waals surface area contributed by atoms with Crippen LogP contribution in [0.4, 0.5) is 0 Å². The highest BCUT2D eigenvalue weighted by Gasteiger charge is 2.29. The van der Waals surface area contributed by atoms with E-state index in [-0.39, 0.29) is 19.1 Å². The van der Waals surface area contributed by atoms with Crippen LogP contribution in [-0.4, -0.2) is 57.5 Å². The second kappa shape index (κ2) is 7.66. The van der Waals surface area contributed by atoms with Crippen molar-refractivity contribution in [2.45, 2.75) is 6.10 Å². The van der Waals surface area contributed by atoms with Crippen molar-refractivity contribution in [3.63, 3.8) is 0 Å². The second-order valence-electron chi connectivity index (χ2n) is 6.49. The fourth-order valence-electron chi connectivity index (χ4n) is 3.27. The number of aromatic nitrogens is 2. The molecule has 7 heteroatoms. The zero-order valence-corrected chi connectivity index (χ0v) is 15.1. The number of ether oxygens (including phenoxy) is 1. The van der Waals surface area contributed by atoms with Crippen LogP contribution in [0.25, 0.3) is 16.9 Å². The lowest BCUT2D eigenvalue weighted by molar-refractivity contribution is -0.154. The Labute approximate surface area is 161 Å². The number of hydrogen-bond donors (Lipinski definition) is 1. The van der Waals surface area contributed by atoms with Crippen molar-refractivity contribution in [2.75, 3.05) is 19.7 Å². The summed E-state index contributed by atoms with van der Waals surface area (Å²) in [4.78, 5) is 25.6. The fourth-order valence-corrected chi connectivity index (χ4v) is 3.27. The van der Waals surface area contributed by atoms with Gasteiger partial charge < -0.3 is 14.7 Å². The number of nitrogens with zero attached hydrogens (tertiary/aromatic N) is 3. The van der Waals surface area contributed by atoms with Crippen molar-refractivity contribution in [1.29, 1.82) is 0 Å². The van der Waals surface area contributed by atoms with Crippen LogP contribution in [0.1, 0.15) is 10.4 Å². The Kier molecular flexibility index (Phi) is 4.90. The van der Waals surface area contributed by atoms with Crippen LogP contribution in [-0.2, 0) is 9.53 Å². The van der Waals surface area contributed by atoms with Gasteiger partial charge in [0.15, 0.2) is 6.10 Å². The van der Waals surface area contributed by atoms with Gasteiger partial charge in [0.2, 0.25) is 0 Å². The van der Waals surface area contributed by atoms with E-state index in [4.69, 9.17) is 9.84 Å². The van der Waals surface area contributed by atoms with E-state index < -0.39 is 12.1 Å². The molecule has 0 saturated carbocycles. The summed E-state index contributed by atoms with van der Waals surface area (Å²) in [6.45, 7) is 0.610. The number of carbonyl (C=O) groups is 2. The molecule has 1 N–H and O–H groups in total. The average Bonchev–Trinajstić information content (AvgIpc) is 3.24. The number of carboxylic acid groups (broad SMARTS) is 1. The summed E-state index contributed by atoms with van der Waals surface area (Å²) < 4.78 is 6.98. The lowest BCUT2D eigenvalue weighted by Gasteiger charge is -2.31. The third kappa shape index (κ3) is 3.52. The van der Waals surface area contributed by atoms with Gasteiger partial charge in [-0.15, -0.1) is 0 Å². The Balaban J connectivity index is 1.62. The molecular formula is C21H19N3O4. The van der Waals surface area contributed by atoms with E-state index in [0.717, 1.165) is 16.9 Å². The van der Waals surface area contributed by atoms with E-state index >= 15 is 0 Å². The fraction of sp³-hybridized carbons (Fsp3) is 0.190. The molecular weight excluding hydrogens is 358 g/mol. The van der Waals surface area contributed by atoms with Crippen LogP contribution in [0.2, 0.25) is 0 Å². The summed E-state index contributed by atoms with van der Waals surface area (Å²) in [7, 11) is 0. The molecule has 1 aliphatic heterocycles. The van der Waals surface area contributed by atoms with Gasteiger partial charge in [0, 0.05) is 17.7 Å². The molecule has 0 radical (unpaired) electrons. The first kappa shape index (κ1) is 17.9. The minimum absolute atomic E-state index is 0.0371. The largest absolute Gasteiger partial charge is 0.479 e. The van der Waals surface area contributed by atoms with Crippen molar-refractivity contribution >= 4 is 11.9 Å². The predicted octanol–water partition coefficient (Wildman–Crippen LogP) is 2.46. The molecule has 142 valence electrons. The van der Waals surface area contributed by atoms with Crippen molar-refractivity contribution in [3.8, 4) is 16.9 Å². The molecule has 0 unspecified atom stereocenters. The number of carboxylic acids is 1. The number of morpholine rings is 1. The van der Waals surface area contributed by atoms with Crippen LogP contribution >= 0.6 is 0 Å². The first-order valence-corrected chi connectivity index (χ1v) is 8.97. The lowest BCUT2D eigenvalue weighted by atomic mass is 10.1. The maximum Gasteiger partial charge on any atom is 0.334 e. The summed E-state index contributed by atoms with van der Waals surface area (Å²) >= 11 is 0. The SMILES string of the molecule is O=C(O)[C@H]1CN(C(=O)c2cccc(-n3nccc3-c3ccccc3)c2)CCO1. The van der Waals surface area contributed by atoms with Crippen LogP contribution in [0.5, 0.6) is 0 Å². The Hall–Kier alpha value is -3.45. The first-order valence-electron chi connectivity index (χ1n) is 8.97. The number of aliphatic carboxylic acids is 1. The highest BCUT2D eigenvalue weighted by molar-refractivity contribution is 5.95. The van der Waals surface area contributed by atoms with E-state index in [2.05, 4.69) is 5.10 Å². The van der Waals surface area contributed by atoms with Crippen molar-refractivity contribution in [3.05, 3.63) is 72.4 Å². The minimum Gasteiger partial charge on any atom is -0.479 e. The standard InChI is InChI=1S/C21H19N3O4/c25-20(23-11-12-28-19(14-23)21(26)27)16-7-4-8-17(13-16)24-18(9-10-22-24)15-5-2-1-3-6-15/h1-10,13,19H,11-12,14H2,(H,26,27)/t19-/m1/s1. The van der Waals surface area contributed by atoms with Gasteiger partial charge >= 0.3 is 5.97 Å². The van der Waals surface area contributed by atoms with Crippen molar-refractivity contribution in [1.82, 2.24) is 14.7 Å². The van der Waals surface area contributed by atoms with Gasteiger partial charge in [0.25, 0.3) is 5.91 Å². The van der Waals surface area contributed by atoms with Crippen LogP contribution < -0.4 is 0 Å². The lowest BCUT2D eigenvalue weighted by Crippen LogP contribution is -2.48. The third-order valence-corrected chi connectivity index (χ3v) is 4.68. The summed E-state index contributed by atoms with van der Waals surface area (Å²) in [6.07, 6.45) is 0.729. The van der Waals surface area contributed by atoms with Gasteiger partial charge in [-0.3, -0.25) is 4.79 Å². The molecule has 2 heterocycles. The molecule has 28 heavy (non-hydrogen) atoms. The maximum absolute atomic E-state index is 12.9. The Morgan fingerprint density at radius 1 is 1.07 bits per heavy atom. The smallest absolute Gasteiger partial charge is 0.334 e. The summed E-state index contributed by atoms with van der Waals surface area (Å²) in [5, 5.41) is 13.5. The quantitative estimate of drug-likeness (QED) is 0.755. The molecule has 0 aliphatic carbocycles. The van der Waals surface area contributed by atoms with E-state index in [0.29, 0.717) is 12.1 Å². The van der Waals surface area contributed by atoms with E-state index in [1.165, 1.54) is 4.90 Å². The zero-order chi connectivity index (χ0) is 19.5. The Morgan fingerprint density at radius 3 is 2.68 bits per heavy atom. The molecule has 1 saturated heterocycles. The van der Waals surface area contributed by atoms with Crippen LogP contribution in [0, 0.1) is 0 Å². The first-order chi connectivity index (χ1) is 13.6.